The average molecular weight is 565 g/mol. The van der Waals surface area contributed by atoms with Crippen LogP contribution in [-0.2, 0) is 0 Å². The Bertz CT molecular complexity index is 2420. The lowest BCUT2D eigenvalue weighted by Gasteiger charge is -2.13. The molecule has 0 N–H and O–H groups in total. The number of furan rings is 1. The third kappa shape index (κ3) is 3.76. The summed E-state index contributed by atoms with van der Waals surface area (Å²) in [5.74, 6) is 1.86. The van der Waals surface area contributed by atoms with E-state index in [1.54, 1.807) is 0 Å². The molecule has 3 heterocycles. The van der Waals surface area contributed by atoms with Gasteiger partial charge in [-0.15, -0.1) is 0 Å². The highest BCUT2D eigenvalue weighted by atomic mass is 16.3. The monoisotopic (exact) mass is 564 g/mol. The number of para-hydroxylation sites is 3. The van der Waals surface area contributed by atoms with E-state index in [0.29, 0.717) is 17.5 Å². The molecule has 0 saturated heterocycles. The van der Waals surface area contributed by atoms with E-state index < -0.39 is 0 Å². The van der Waals surface area contributed by atoms with Gasteiger partial charge in [0.25, 0.3) is 0 Å². The fraction of sp³-hybridized carbons (Fsp3) is 0. The van der Waals surface area contributed by atoms with Crippen molar-refractivity contribution in [2.24, 2.45) is 0 Å². The van der Waals surface area contributed by atoms with Crippen molar-refractivity contribution >= 4 is 43.7 Å². The Morgan fingerprint density at radius 1 is 0.477 bits per heavy atom. The number of benzene rings is 6. The van der Waals surface area contributed by atoms with Crippen molar-refractivity contribution < 1.29 is 4.42 Å². The van der Waals surface area contributed by atoms with E-state index in [0.717, 1.165) is 66.1 Å². The number of aromatic nitrogens is 4. The molecule has 0 amide bonds. The van der Waals surface area contributed by atoms with Gasteiger partial charge in [0.1, 0.15) is 11.2 Å². The predicted octanol–water partition coefficient (Wildman–Crippen LogP) is 9.87. The minimum atomic E-state index is 0.606. The summed E-state index contributed by atoms with van der Waals surface area (Å²) >= 11 is 0. The Kier molecular flexibility index (Phi) is 5.43. The second kappa shape index (κ2) is 9.75. The zero-order valence-electron chi connectivity index (χ0n) is 23.6. The van der Waals surface area contributed by atoms with E-state index in [1.807, 2.05) is 78.9 Å². The molecule has 9 rings (SSSR count). The zero-order valence-corrected chi connectivity index (χ0v) is 23.6. The first-order valence-electron chi connectivity index (χ1n) is 14.6. The summed E-state index contributed by atoms with van der Waals surface area (Å²) in [5, 5.41) is 4.23. The SMILES string of the molecule is c1ccc(-c2nc(-c3ccccc3)nc(-c3cc4c5ccccc5oc4c4c5ccccc5n(-c5ccccc5)c34)n2)cc1. The van der Waals surface area contributed by atoms with Gasteiger partial charge in [-0.1, -0.05) is 115 Å². The van der Waals surface area contributed by atoms with Crippen LogP contribution in [0.15, 0.2) is 150 Å². The van der Waals surface area contributed by atoms with E-state index in [1.165, 1.54) is 0 Å². The summed E-state index contributed by atoms with van der Waals surface area (Å²) in [6.45, 7) is 0. The van der Waals surface area contributed by atoms with Gasteiger partial charge >= 0.3 is 0 Å². The molecule has 6 aromatic carbocycles. The van der Waals surface area contributed by atoms with E-state index in [2.05, 4.69) is 71.3 Å². The topological polar surface area (TPSA) is 56.7 Å². The first-order valence-corrected chi connectivity index (χ1v) is 14.6. The lowest BCUT2D eigenvalue weighted by atomic mass is 10.0. The summed E-state index contributed by atoms with van der Waals surface area (Å²) in [5.41, 5.74) is 7.62. The summed E-state index contributed by atoms with van der Waals surface area (Å²) in [7, 11) is 0. The van der Waals surface area contributed by atoms with Crippen molar-refractivity contribution in [3.8, 4) is 39.9 Å². The lowest BCUT2D eigenvalue weighted by Crippen LogP contribution is -2.02. The normalized spacial score (nSPS) is 11.6. The van der Waals surface area contributed by atoms with Gasteiger partial charge in [-0.25, -0.2) is 15.0 Å². The van der Waals surface area contributed by atoms with Gasteiger partial charge in [0, 0.05) is 38.5 Å². The van der Waals surface area contributed by atoms with Gasteiger partial charge in [-0.2, -0.15) is 0 Å². The highest BCUT2D eigenvalue weighted by Crippen LogP contribution is 2.45. The minimum Gasteiger partial charge on any atom is -0.455 e. The van der Waals surface area contributed by atoms with Crippen LogP contribution in [0.25, 0.3) is 83.6 Å². The van der Waals surface area contributed by atoms with Crippen molar-refractivity contribution in [3.05, 3.63) is 146 Å². The van der Waals surface area contributed by atoms with Crippen LogP contribution in [0.2, 0.25) is 0 Å². The molecule has 9 aromatic rings. The molecular weight excluding hydrogens is 540 g/mol. The number of rotatable bonds is 4. The van der Waals surface area contributed by atoms with Crippen LogP contribution in [0.1, 0.15) is 0 Å². The standard InChI is InChI=1S/C39H24N4O/c1-4-14-25(15-5-1)37-40-38(26-16-6-2-7-17-26)42-39(41-37)31-24-30-28-20-11-13-23-33(28)44-36(30)34-29-21-10-12-22-32(29)43(35(31)34)27-18-8-3-9-19-27/h1-24H. The predicted molar refractivity (Wildman–Crippen MR) is 178 cm³/mol. The molecule has 5 nitrogen and oxygen atoms in total. The van der Waals surface area contributed by atoms with Crippen molar-refractivity contribution in [3.63, 3.8) is 0 Å². The van der Waals surface area contributed by atoms with Crippen LogP contribution in [0.5, 0.6) is 0 Å². The lowest BCUT2D eigenvalue weighted by molar-refractivity contribution is 0.673. The van der Waals surface area contributed by atoms with Gasteiger partial charge in [0.15, 0.2) is 17.5 Å². The Morgan fingerprint density at radius 3 is 1.70 bits per heavy atom. The molecule has 0 saturated carbocycles. The minimum absolute atomic E-state index is 0.606. The molecule has 0 fully saturated rings. The van der Waals surface area contributed by atoms with Crippen molar-refractivity contribution in [1.82, 2.24) is 19.5 Å². The average Bonchev–Trinajstić information content (AvgIpc) is 3.65. The molecule has 3 aromatic heterocycles. The molecule has 0 radical (unpaired) electrons. The molecular formula is C39H24N4O. The van der Waals surface area contributed by atoms with Gasteiger partial charge in [0.2, 0.25) is 0 Å². The number of hydrogen-bond acceptors (Lipinski definition) is 4. The first kappa shape index (κ1) is 24.5. The van der Waals surface area contributed by atoms with E-state index in [9.17, 15) is 0 Å². The van der Waals surface area contributed by atoms with Crippen molar-refractivity contribution in [2.45, 2.75) is 0 Å². The molecule has 206 valence electrons. The van der Waals surface area contributed by atoms with Crippen LogP contribution in [-0.4, -0.2) is 19.5 Å². The van der Waals surface area contributed by atoms with Crippen LogP contribution in [0, 0.1) is 0 Å². The summed E-state index contributed by atoms with van der Waals surface area (Å²) in [6.07, 6.45) is 0. The maximum absolute atomic E-state index is 6.63. The molecule has 0 aliphatic rings. The smallest absolute Gasteiger partial charge is 0.166 e. The van der Waals surface area contributed by atoms with Crippen molar-refractivity contribution in [1.29, 1.82) is 0 Å². The van der Waals surface area contributed by atoms with E-state index in [4.69, 9.17) is 19.4 Å². The van der Waals surface area contributed by atoms with E-state index >= 15 is 0 Å². The maximum Gasteiger partial charge on any atom is 0.166 e. The molecule has 44 heavy (non-hydrogen) atoms. The van der Waals surface area contributed by atoms with Gasteiger partial charge in [-0.05, 0) is 30.3 Å². The van der Waals surface area contributed by atoms with Gasteiger partial charge in [0.05, 0.1) is 16.4 Å². The highest BCUT2D eigenvalue weighted by Gasteiger charge is 2.24. The molecule has 0 aliphatic carbocycles. The number of nitrogens with zero attached hydrogens (tertiary/aromatic N) is 4. The Hall–Kier alpha value is -6.07. The van der Waals surface area contributed by atoms with Crippen molar-refractivity contribution in [2.75, 3.05) is 0 Å². The third-order valence-corrected chi connectivity index (χ3v) is 8.23. The highest BCUT2D eigenvalue weighted by molar-refractivity contribution is 6.27. The first-order chi connectivity index (χ1) is 21.8. The molecule has 0 unspecified atom stereocenters. The summed E-state index contributed by atoms with van der Waals surface area (Å²) in [6, 6.07) is 49.6. The second-order valence-corrected chi connectivity index (χ2v) is 10.8. The Morgan fingerprint density at radius 2 is 1.02 bits per heavy atom. The largest absolute Gasteiger partial charge is 0.455 e. The third-order valence-electron chi connectivity index (χ3n) is 8.23. The number of hydrogen-bond donors (Lipinski definition) is 0. The molecule has 0 bridgehead atoms. The fourth-order valence-electron chi connectivity index (χ4n) is 6.28. The Labute approximate surface area is 252 Å². The zero-order chi connectivity index (χ0) is 29.0. The number of fused-ring (bicyclic) bond motifs is 7. The van der Waals surface area contributed by atoms with E-state index in [-0.39, 0.29) is 0 Å². The molecule has 5 heteroatoms. The molecule has 0 spiro atoms. The second-order valence-electron chi connectivity index (χ2n) is 10.8. The van der Waals surface area contributed by atoms with Crippen LogP contribution < -0.4 is 0 Å². The molecule has 0 atom stereocenters. The van der Waals surface area contributed by atoms with Gasteiger partial charge < -0.3 is 8.98 Å². The maximum atomic E-state index is 6.63. The summed E-state index contributed by atoms with van der Waals surface area (Å²) in [4.78, 5) is 15.3. The van der Waals surface area contributed by atoms with Crippen LogP contribution in [0.3, 0.4) is 0 Å². The Balaban J connectivity index is 1.48. The summed E-state index contributed by atoms with van der Waals surface area (Å²) < 4.78 is 8.94. The van der Waals surface area contributed by atoms with Crippen LogP contribution in [0.4, 0.5) is 0 Å². The quantitative estimate of drug-likeness (QED) is 0.213. The molecule has 0 aliphatic heterocycles. The van der Waals surface area contributed by atoms with Crippen LogP contribution >= 0.6 is 0 Å². The fourth-order valence-corrected chi connectivity index (χ4v) is 6.28. The van der Waals surface area contributed by atoms with Gasteiger partial charge in [-0.3, -0.25) is 0 Å².